The first kappa shape index (κ1) is 11.6. The van der Waals surface area contributed by atoms with Gasteiger partial charge >= 0.3 is 12.2 Å². The summed E-state index contributed by atoms with van der Waals surface area (Å²) in [5, 5.41) is 8.97. The smallest absolute Gasteiger partial charge is 0.323 e. The summed E-state index contributed by atoms with van der Waals surface area (Å²) >= 11 is 0. The SMILES string of the molecule is CC1(C(=O)O)CCC(C(=O)C=[N+]=[N-])CC1. The number of carboxylic acid groups (broad SMARTS) is 1. The van der Waals surface area contributed by atoms with Crippen LogP contribution in [0.25, 0.3) is 5.53 Å². The molecule has 5 nitrogen and oxygen atoms in total. The third-order valence-corrected chi connectivity index (χ3v) is 3.19. The first-order valence-electron chi connectivity index (χ1n) is 4.94. The summed E-state index contributed by atoms with van der Waals surface area (Å²) in [6.45, 7) is 1.70. The number of carbonyl (C=O) groups is 2. The molecule has 0 unspecified atom stereocenters. The summed E-state index contributed by atoms with van der Waals surface area (Å²) in [6, 6.07) is 0. The zero-order valence-corrected chi connectivity index (χ0v) is 8.64. The fraction of sp³-hybridized carbons (Fsp3) is 0.700. The van der Waals surface area contributed by atoms with Crippen molar-refractivity contribution in [2.24, 2.45) is 11.3 Å². The first-order valence-corrected chi connectivity index (χ1v) is 4.94. The van der Waals surface area contributed by atoms with Gasteiger partial charge in [-0.2, -0.15) is 4.79 Å². The third-order valence-electron chi connectivity index (χ3n) is 3.19. The van der Waals surface area contributed by atoms with Crippen LogP contribution in [0.2, 0.25) is 0 Å². The second kappa shape index (κ2) is 4.36. The van der Waals surface area contributed by atoms with Gasteiger partial charge in [-0.3, -0.25) is 9.59 Å². The molecule has 0 aromatic heterocycles. The highest BCUT2D eigenvalue weighted by molar-refractivity contribution is 6.26. The molecule has 0 aromatic carbocycles. The lowest BCUT2D eigenvalue weighted by molar-refractivity contribution is -0.151. The highest BCUT2D eigenvalue weighted by atomic mass is 16.4. The zero-order chi connectivity index (χ0) is 11.5. The van der Waals surface area contributed by atoms with Crippen molar-refractivity contribution in [2.75, 3.05) is 0 Å². The molecule has 1 aliphatic rings. The standard InChI is InChI=1S/C10H14N2O3/c1-10(9(14)15)4-2-7(3-5-10)8(13)6-12-11/h6-7H,2-5H2,1H3,(H,14,15). The van der Waals surface area contributed by atoms with E-state index in [-0.39, 0.29) is 11.7 Å². The summed E-state index contributed by atoms with van der Waals surface area (Å²) in [5.74, 6) is -1.21. The Kier molecular flexibility index (Phi) is 3.37. The van der Waals surface area contributed by atoms with Gasteiger partial charge in [0.05, 0.1) is 5.41 Å². The fourth-order valence-electron chi connectivity index (χ4n) is 1.92. The van der Waals surface area contributed by atoms with Crippen molar-refractivity contribution < 1.29 is 19.5 Å². The monoisotopic (exact) mass is 210 g/mol. The fourth-order valence-corrected chi connectivity index (χ4v) is 1.92. The maximum atomic E-state index is 11.3. The minimum Gasteiger partial charge on any atom is -0.481 e. The molecular formula is C10H14N2O3. The van der Waals surface area contributed by atoms with E-state index in [9.17, 15) is 9.59 Å². The highest BCUT2D eigenvalue weighted by Crippen LogP contribution is 2.38. The van der Waals surface area contributed by atoms with Gasteiger partial charge in [0.25, 0.3) is 0 Å². The van der Waals surface area contributed by atoms with Crippen molar-refractivity contribution >= 4 is 18.0 Å². The number of aliphatic carboxylic acids is 1. The van der Waals surface area contributed by atoms with Crippen LogP contribution in [0.1, 0.15) is 32.6 Å². The number of rotatable bonds is 3. The molecule has 1 aliphatic carbocycles. The molecule has 0 radical (unpaired) electrons. The maximum absolute atomic E-state index is 11.3. The first-order chi connectivity index (χ1) is 6.99. The molecule has 1 N–H and O–H groups in total. The Morgan fingerprint density at radius 2 is 2.00 bits per heavy atom. The van der Waals surface area contributed by atoms with E-state index in [0.29, 0.717) is 25.7 Å². The summed E-state index contributed by atoms with van der Waals surface area (Å²) < 4.78 is 0. The molecule has 1 fully saturated rings. The van der Waals surface area contributed by atoms with Gasteiger partial charge in [-0.25, -0.2) is 0 Å². The Morgan fingerprint density at radius 3 is 2.40 bits per heavy atom. The van der Waals surface area contributed by atoms with Crippen LogP contribution in [0.4, 0.5) is 0 Å². The van der Waals surface area contributed by atoms with Gasteiger partial charge in [-0.1, -0.05) is 0 Å². The Hall–Kier alpha value is -1.48. The molecule has 0 spiro atoms. The predicted molar refractivity (Wildman–Crippen MR) is 52.4 cm³/mol. The Morgan fingerprint density at radius 1 is 1.47 bits per heavy atom. The summed E-state index contributed by atoms with van der Waals surface area (Å²) in [7, 11) is 0. The summed E-state index contributed by atoms with van der Waals surface area (Å²) in [4.78, 5) is 24.9. The van der Waals surface area contributed by atoms with Crippen molar-refractivity contribution in [1.82, 2.24) is 0 Å². The van der Waals surface area contributed by atoms with E-state index in [1.165, 1.54) is 0 Å². The van der Waals surface area contributed by atoms with E-state index in [0.717, 1.165) is 6.21 Å². The average molecular weight is 210 g/mol. The molecular weight excluding hydrogens is 196 g/mol. The van der Waals surface area contributed by atoms with Crippen LogP contribution < -0.4 is 0 Å². The Labute approximate surface area is 87.7 Å². The van der Waals surface area contributed by atoms with E-state index in [1.54, 1.807) is 6.92 Å². The molecule has 0 amide bonds. The van der Waals surface area contributed by atoms with Crippen LogP contribution >= 0.6 is 0 Å². The van der Waals surface area contributed by atoms with Crippen molar-refractivity contribution in [3.63, 3.8) is 0 Å². The van der Waals surface area contributed by atoms with E-state index >= 15 is 0 Å². The van der Waals surface area contributed by atoms with Gasteiger partial charge in [0, 0.05) is 5.92 Å². The number of hydrogen-bond donors (Lipinski definition) is 1. The van der Waals surface area contributed by atoms with E-state index < -0.39 is 11.4 Å². The molecule has 0 bridgehead atoms. The minimum atomic E-state index is -0.802. The van der Waals surface area contributed by atoms with Gasteiger partial charge in [0.1, 0.15) is 0 Å². The summed E-state index contributed by atoms with van der Waals surface area (Å²) in [6.07, 6.45) is 2.99. The molecule has 0 aliphatic heterocycles. The number of nitrogens with zero attached hydrogens (tertiary/aromatic N) is 2. The van der Waals surface area contributed by atoms with Gasteiger partial charge in [0.15, 0.2) is 0 Å². The molecule has 1 rings (SSSR count). The predicted octanol–water partition coefficient (Wildman–Crippen LogP) is 1.14. The highest BCUT2D eigenvalue weighted by Gasteiger charge is 2.39. The Bertz CT molecular complexity index is 324. The quantitative estimate of drug-likeness (QED) is 0.430. The van der Waals surface area contributed by atoms with Gasteiger partial charge in [-0.05, 0) is 32.6 Å². The topological polar surface area (TPSA) is 90.8 Å². The van der Waals surface area contributed by atoms with Crippen LogP contribution in [-0.2, 0) is 9.59 Å². The minimum absolute atomic E-state index is 0.187. The molecule has 0 saturated heterocycles. The number of ketones is 1. The molecule has 5 heteroatoms. The van der Waals surface area contributed by atoms with Crippen molar-refractivity contribution in [1.29, 1.82) is 0 Å². The lowest BCUT2D eigenvalue weighted by Gasteiger charge is -2.32. The van der Waals surface area contributed by atoms with Gasteiger partial charge in [-0.15, -0.1) is 0 Å². The average Bonchev–Trinajstić information content (AvgIpc) is 2.19. The van der Waals surface area contributed by atoms with Crippen molar-refractivity contribution in [3.8, 4) is 0 Å². The maximum Gasteiger partial charge on any atom is 0.323 e. The van der Waals surface area contributed by atoms with Crippen LogP contribution in [0.5, 0.6) is 0 Å². The van der Waals surface area contributed by atoms with Gasteiger partial charge < -0.3 is 10.6 Å². The molecule has 1 saturated carbocycles. The second-order valence-electron chi connectivity index (χ2n) is 4.29. The second-order valence-corrected chi connectivity index (χ2v) is 4.29. The Balaban J connectivity index is 2.60. The number of carboxylic acids is 1. The van der Waals surface area contributed by atoms with Crippen LogP contribution in [0, 0.1) is 11.3 Å². The number of carbonyl (C=O) groups excluding carboxylic acids is 1. The molecule has 82 valence electrons. The van der Waals surface area contributed by atoms with E-state index in [2.05, 4.69) is 4.79 Å². The van der Waals surface area contributed by atoms with Gasteiger partial charge in [0.2, 0.25) is 5.78 Å². The molecule has 0 heterocycles. The number of hydrogen-bond acceptors (Lipinski definition) is 2. The largest absolute Gasteiger partial charge is 0.481 e. The van der Waals surface area contributed by atoms with Crippen LogP contribution in [0.3, 0.4) is 0 Å². The lowest BCUT2D eigenvalue weighted by Crippen LogP contribution is -2.34. The normalized spacial score (nSPS) is 30.3. The lowest BCUT2D eigenvalue weighted by atomic mass is 9.71. The van der Waals surface area contributed by atoms with Crippen LogP contribution in [-0.4, -0.2) is 27.9 Å². The third kappa shape index (κ3) is 2.50. The van der Waals surface area contributed by atoms with E-state index in [1.807, 2.05) is 0 Å². The molecule has 0 aromatic rings. The van der Waals surface area contributed by atoms with Crippen LogP contribution in [0.15, 0.2) is 0 Å². The van der Waals surface area contributed by atoms with Crippen molar-refractivity contribution in [2.45, 2.75) is 32.6 Å². The van der Waals surface area contributed by atoms with Crippen molar-refractivity contribution in [3.05, 3.63) is 5.53 Å². The van der Waals surface area contributed by atoms with E-state index in [4.69, 9.17) is 10.6 Å². The number of Topliss-reactive ketones (excluding diaryl/α,β-unsaturated/α-hetero) is 1. The molecule has 15 heavy (non-hydrogen) atoms. The molecule has 0 atom stereocenters. The summed E-state index contributed by atoms with van der Waals surface area (Å²) in [5.41, 5.74) is 7.51. The zero-order valence-electron chi connectivity index (χ0n) is 8.64.